The summed E-state index contributed by atoms with van der Waals surface area (Å²) in [6.07, 6.45) is -7.50. The maximum atomic E-state index is 13.7. The predicted octanol–water partition coefficient (Wildman–Crippen LogP) is 8.10. The topological polar surface area (TPSA) is 56.8 Å². The van der Waals surface area contributed by atoms with Crippen molar-refractivity contribution in [3.8, 4) is 22.6 Å². The summed E-state index contributed by atoms with van der Waals surface area (Å²) in [5.41, 5.74) is 4.09. The minimum atomic E-state index is -4.46. The van der Waals surface area contributed by atoms with Crippen molar-refractivity contribution in [1.82, 2.24) is 19.0 Å². The molecule has 7 rings (SSSR count). The number of halogens is 4. The molecule has 236 valence electrons. The molecule has 4 heterocycles. The molecule has 13 heteroatoms. The molecular formula is C33H28BrF3N5O2PS. The summed E-state index contributed by atoms with van der Waals surface area (Å²) < 4.78 is 60.3. The first-order valence-electron chi connectivity index (χ1n) is 14.6. The number of hydrogen-bond donors (Lipinski definition) is 0. The maximum Gasteiger partial charge on any atom is 0.416 e. The van der Waals surface area contributed by atoms with Crippen LogP contribution in [0.4, 0.5) is 19.0 Å². The Kier molecular flexibility index (Phi) is 8.05. The second-order valence-electron chi connectivity index (χ2n) is 11.0. The molecule has 7 nitrogen and oxygen atoms in total. The van der Waals surface area contributed by atoms with Crippen LogP contribution in [0.5, 0.6) is 0 Å². The number of aliphatic imine (C=N–C) groups is 1. The number of aryl methyl sites for hydroxylation is 1. The Morgan fingerprint density at radius 3 is 2.28 bits per heavy atom. The molecule has 2 aromatic heterocycles. The molecule has 1 saturated heterocycles. The number of fused-ring (bicyclic) bond motifs is 1. The van der Waals surface area contributed by atoms with Crippen molar-refractivity contribution in [2.75, 3.05) is 26.3 Å². The maximum absolute atomic E-state index is 13.7. The van der Waals surface area contributed by atoms with Crippen molar-refractivity contribution >= 4 is 51.2 Å². The standard InChI is InChI=1S/C33H28BrF3N5O2PS/c1-21-19-28(22(2)41(21)27-10-6-7-24(20-27)33(35,36)37)29-30-31(42(39-29)26-8-4-3-5-9-26)38-32(23-11-13-25(34)14-12-23)44-45(30,46)40-15-17-43-18-16-40/h3-14,19-20H,15-18H2,1-2H3. The van der Waals surface area contributed by atoms with Gasteiger partial charge in [0.05, 0.1) is 24.5 Å². The summed E-state index contributed by atoms with van der Waals surface area (Å²) in [6, 6.07) is 24.7. The normalized spacial score (nSPS) is 18.6. The van der Waals surface area contributed by atoms with Gasteiger partial charge in [-0.1, -0.05) is 40.2 Å². The molecule has 0 aliphatic carbocycles. The van der Waals surface area contributed by atoms with Gasteiger partial charge in [-0.2, -0.15) is 23.3 Å². The quantitative estimate of drug-likeness (QED) is 0.172. The van der Waals surface area contributed by atoms with Crippen LogP contribution in [-0.2, 0) is 27.2 Å². The lowest BCUT2D eigenvalue weighted by molar-refractivity contribution is -0.137. The van der Waals surface area contributed by atoms with Gasteiger partial charge in [-0.05, 0) is 86.3 Å². The van der Waals surface area contributed by atoms with Gasteiger partial charge in [-0.15, -0.1) is 0 Å². The van der Waals surface area contributed by atoms with E-state index in [1.54, 1.807) is 10.7 Å². The third-order valence-corrected chi connectivity index (χ3v) is 12.6. The highest BCUT2D eigenvalue weighted by Crippen LogP contribution is 2.58. The molecule has 0 bridgehead atoms. The monoisotopic (exact) mass is 725 g/mol. The molecule has 3 aromatic carbocycles. The third kappa shape index (κ3) is 5.46. The first-order chi connectivity index (χ1) is 22.0. The van der Waals surface area contributed by atoms with Gasteiger partial charge in [0.25, 0.3) is 0 Å². The SMILES string of the molecule is Cc1cc(-c2nn(-c3ccccc3)c3c2P(=S)(N2CCOCC2)OC(c2ccc(Br)cc2)=N3)c(C)n1-c1cccc(C(F)(F)F)c1. The molecule has 0 saturated carbocycles. The van der Waals surface area contributed by atoms with Crippen molar-refractivity contribution in [3.05, 3.63) is 112 Å². The molecule has 5 aromatic rings. The highest BCUT2D eigenvalue weighted by molar-refractivity contribution is 9.10. The molecule has 2 aliphatic heterocycles. The number of morpholine rings is 1. The molecule has 2 aliphatic rings. The zero-order valence-corrected chi connectivity index (χ0v) is 28.1. The highest BCUT2D eigenvalue weighted by Gasteiger charge is 2.44. The zero-order chi connectivity index (χ0) is 32.2. The third-order valence-electron chi connectivity index (χ3n) is 8.11. The van der Waals surface area contributed by atoms with Gasteiger partial charge >= 0.3 is 6.18 Å². The smallest absolute Gasteiger partial charge is 0.416 e. The van der Waals surface area contributed by atoms with E-state index in [1.165, 1.54) is 6.07 Å². The van der Waals surface area contributed by atoms with Gasteiger partial charge in [0.2, 0.25) is 12.3 Å². The van der Waals surface area contributed by atoms with E-state index in [4.69, 9.17) is 31.2 Å². The van der Waals surface area contributed by atoms with Crippen LogP contribution in [0.25, 0.3) is 22.6 Å². The molecule has 0 N–H and O–H groups in total. The van der Waals surface area contributed by atoms with Crippen molar-refractivity contribution in [2.45, 2.75) is 20.0 Å². The van der Waals surface area contributed by atoms with Crippen molar-refractivity contribution in [3.63, 3.8) is 0 Å². The summed E-state index contributed by atoms with van der Waals surface area (Å²) in [6.45, 7) is 5.92. The molecule has 46 heavy (non-hydrogen) atoms. The van der Waals surface area contributed by atoms with Gasteiger partial charge < -0.3 is 13.8 Å². The van der Waals surface area contributed by atoms with Gasteiger partial charge in [0.1, 0.15) is 11.0 Å². The fourth-order valence-electron chi connectivity index (χ4n) is 5.92. The van der Waals surface area contributed by atoms with Crippen LogP contribution in [0.1, 0.15) is 22.5 Å². The first-order valence-corrected chi connectivity index (χ1v) is 18.0. The Balaban J connectivity index is 1.49. The van der Waals surface area contributed by atoms with Crippen LogP contribution in [0.3, 0.4) is 0 Å². The number of rotatable bonds is 5. The van der Waals surface area contributed by atoms with E-state index >= 15 is 0 Å². The lowest BCUT2D eigenvalue weighted by Gasteiger charge is -2.38. The van der Waals surface area contributed by atoms with Crippen LogP contribution in [0, 0.1) is 13.8 Å². The van der Waals surface area contributed by atoms with Crippen LogP contribution in [0.15, 0.2) is 94.4 Å². The molecular weight excluding hydrogens is 698 g/mol. The number of para-hydroxylation sites is 1. The van der Waals surface area contributed by atoms with E-state index in [0.29, 0.717) is 54.7 Å². The molecule has 0 amide bonds. The fourth-order valence-corrected chi connectivity index (χ4v) is 9.78. The minimum absolute atomic E-state index is 0.409. The Labute approximate surface area is 277 Å². The Hall–Kier alpha value is -3.54. The summed E-state index contributed by atoms with van der Waals surface area (Å²) in [5, 5.41) is 5.87. The average molecular weight is 727 g/mol. The lowest BCUT2D eigenvalue weighted by Crippen LogP contribution is -2.39. The number of nitrogens with zero attached hydrogens (tertiary/aromatic N) is 5. The van der Waals surface area contributed by atoms with E-state index < -0.39 is 18.2 Å². The van der Waals surface area contributed by atoms with Gasteiger partial charge in [0.15, 0.2) is 5.82 Å². The summed E-state index contributed by atoms with van der Waals surface area (Å²) in [7, 11) is 0. The zero-order valence-electron chi connectivity index (χ0n) is 24.8. The van der Waals surface area contributed by atoms with Gasteiger partial charge in [-0.25, -0.2) is 9.35 Å². The highest BCUT2D eigenvalue weighted by atomic mass is 79.9. The van der Waals surface area contributed by atoms with E-state index in [2.05, 4.69) is 20.6 Å². The summed E-state index contributed by atoms with van der Waals surface area (Å²) in [4.78, 5) is 5.06. The van der Waals surface area contributed by atoms with E-state index in [-0.39, 0.29) is 0 Å². The molecule has 1 atom stereocenters. The first kappa shape index (κ1) is 31.1. The van der Waals surface area contributed by atoms with Crippen molar-refractivity contribution in [2.24, 2.45) is 4.99 Å². The summed E-state index contributed by atoms with van der Waals surface area (Å²) in [5.74, 6) is 0.983. The molecule has 0 spiro atoms. The predicted molar refractivity (Wildman–Crippen MR) is 181 cm³/mol. The minimum Gasteiger partial charge on any atom is -0.431 e. The average Bonchev–Trinajstić information content (AvgIpc) is 3.58. The second kappa shape index (κ2) is 11.9. The Bertz CT molecular complexity index is 2020. The van der Waals surface area contributed by atoms with Crippen LogP contribution in [-0.4, -0.2) is 51.2 Å². The van der Waals surface area contributed by atoms with E-state index in [0.717, 1.165) is 44.8 Å². The Morgan fingerprint density at radius 2 is 1.59 bits per heavy atom. The van der Waals surface area contributed by atoms with Crippen LogP contribution < -0.4 is 5.30 Å². The molecule has 0 radical (unpaired) electrons. The fraction of sp³-hybridized carbons (Fsp3) is 0.212. The summed E-state index contributed by atoms with van der Waals surface area (Å²) >= 11 is 10.1. The number of aromatic nitrogens is 3. The van der Waals surface area contributed by atoms with E-state index in [1.807, 2.05) is 79.1 Å². The lowest BCUT2D eigenvalue weighted by atomic mass is 10.1. The number of hydrogen-bond acceptors (Lipinski definition) is 5. The second-order valence-corrected chi connectivity index (χ2v) is 15.7. The van der Waals surface area contributed by atoms with Gasteiger partial charge in [0, 0.05) is 45.8 Å². The molecule has 1 unspecified atom stereocenters. The number of ether oxygens (including phenoxy) is 1. The van der Waals surface area contributed by atoms with Gasteiger partial charge in [-0.3, -0.25) is 0 Å². The number of alkyl halides is 3. The molecule has 1 fully saturated rings. The van der Waals surface area contributed by atoms with Crippen LogP contribution in [0.2, 0.25) is 0 Å². The van der Waals surface area contributed by atoms with Crippen molar-refractivity contribution in [1.29, 1.82) is 0 Å². The van der Waals surface area contributed by atoms with E-state index in [9.17, 15) is 13.2 Å². The van der Waals surface area contributed by atoms with Crippen LogP contribution >= 0.6 is 22.3 Å². The largest absolute Gasteiger partial charge is 0.431 e. The van der Waals surface area contributed by atoms with Crippen molar-refractivity contribution < 1.29 is 22.4 Å². The Morgan fingerprint density at radius 1 is 0.891 bits per heavy atom. The number of benzene rings is 3.